The van der Waals surface area contributed by atoms with Crippen LogP contribution in [0, 0.1) is 0 Å². The molecule has 9 nitrogen and oxygen atoms in total. The Balaban J connectivity index is 1.68. The van der Waals surface area contributed by atoms with E-state index >= 15 is 0 Å². The van der Waals surface area contributed by atoms with Crippen molar-refractivity contribution in [1.82, 2.24) is 24.9 Å². The first-order valence-electron chi connectivity index (χ1n) is 9.13. The van der Waals surface area contributed by atoms with Gasteiger partial charge in [-0.05, 0) is 25.0 Å². The van der Waals surface area contributed by atoms with Crippen molar-refractivity contribution in [3.63, 3.8) is 0 Å². The van der Waals surface area contributed by atoms with Gasteiger partial charge in [0.05, 0.1) is 11.6 Å². The number of nitrogens with two attached hydrogens (primary N) is 1. The summed E-state index contributed by atoms with van der Waals surface area (Å²) < 4.78 is 7.52. The molecule has 3 aromatic heterocycles. The smallest absolute Gasteiger partial charge is 0.218 e. The average Bonchev–Trinajstić information content (AvgIpc) is 3.28. The second-order valence-corrected chi connectivity index (χ2v) is 6.81. The summed E-state index contributed by atoms with van der Waals surface area (Å²) >= 11 is 0. The molecule has 0 amide bonds. The van der Waals surface area contributed by atoms with Crippen LogP contribution in [0.1, 0.15) is 36.2 Å². The number of hydrogen-bond donors (Lipinski definition) is 3. The summed E-state index contributed by atoms with van der Waals surface area (Å²) in [6.07, 6.45) is 4.66. The first kappa shape index (κ1) is 16.3. The maximum Gasteiger partial charge on any atom is 0.218 e. The number of ether oxygens (including phenoxy) is 1. The number of nitrogens with zero attached hydrogens (tertiary/aromatic N) is 5. The van der Waals surface area contributed by atoms with Crippen LogP contribution in [0.5, 0.6) is 5.88 Å². The Morgan fingerprint density at radius 2 is 2.26 bits per heavy atom. The third kappa shape index (κ3) is 2.66. The number of pyridine rings is 1. The van der Waals surface area contributed by atoms with Gasteiger partial charge in [-0.15, -0.1) is 5.10 Å². The van der Waals surface area contributed by atoms with Crippen LogP contribution in [0.15, 0.2) is 30.6 Å². The Labute approximate surface area is 155 Å². The van der Waals surface area contributed by atoms with Crippen LogP contribution in [-0.4, -0.2) is 44.4 Å². The fraction of sp³-hybridized carbons (Fsp3) is 0.389. The molecule has 0 saturated carbocycles. The molecule has 140 valence electrons. The third-order valence-electron chi connectivity index (χ3n) is 5.19. The van der Waals surface area contributed by atoms with Gasteiger partial charge in [0.25, 0.3) is 0 Å². The molecule has 2 bridgehead atoms. The van der Waals surface area contributed by atoms with Crippen molar-refractivity contribution in [2.24, 2.45) is 0 Å². The highest BCUT2D eigenvalue weighted by molar-refractivity contribution is 5.63. The first-order chi connectivity index (χ1) is 13.2. The molecule has 5 heterocycles. The fourth-order valence-electron chi connectivity index (χ4n) is 3.96. The van der Waals surface area contributed by atoms with Crippen LogP contribution < -0.4 is 20.7 Å². The van der Waals surface area contributed by atoms with Gasteiger partial charge in [0.2, 0.25) is 5.88 Å². The molecule has 1 fully saturated rings. The zero-order chi connectivity index (χ0) is 18.4. The number of fused-ring (bicyclic) bond motifs is 5. The van der Waals surface area contributed by atoms with E-state index in [-0.39, 0.29) is 11.9 Å². The molecule has 3 aromatic rings. The maximum atomic E-state index is 10.6. The molecule has 0 spiro atoms. The first-order valence-corrected chi connectivity index (χ1v) is 9.13. The lowest BCUT2D eigenvalue weighted by Gasteiger charge is -2.27. The Bertz CT molecular complexity index is 989. The molecule has 27 heavy (non-hydrogen) atoms. The molecule has 0 radical (unpaired) electrons. The maximum absolute atomic E-state index is 10.6. The minimum Gasteiger partial charge on any atom is -0.476 e. The van der Waals surface area contributed by atoms with Gasteiger partial charge < -0.3 is 20.5 Å². The number of hydrogen-bond acceptors (Lipinski definition) is 8. The van der Waals surface area contributed by atoms with Gasteiger partial charge in [-0.1, -0.05) is 6.07 Å². The molecular weight excluding hydrogens is 346 g/mol. The summed E-state index contributed by atoms with van der Waals surface area (Å²) in [5, 5.41) is 17.9. The quantitative estimate of drug-likeness (QED) is 0.540. The fourth-order valence-corrected chi connectivity index (χ4v) is 3.96. The summed E-state index contributed by atoms with van der Waals surface area (Å²) in [5.74, 6) is 1.72. The van der Waals surface area contributed by atoms with E-state index in [2.05, 4.69) is 26.4 Å². The third-order valence-corrected chi connectivity index (χ3v) is 5.19. The molecule has 4 N–H and O–H groups in total. The van der Waals surface area contributed by atoms with Gasteiger partial charge in [0, 0.05) is 31.0 Å². The predicted octanol–water partition coefficient (Wildman–Crippen LogP) is 1.02. The Hall–Kier alpha value is -2.91. The molecule has 1 saturated heterocycles. The number of aliphatic hydroxyl groups is 1. The van der Waals surface area contributed by atoms with Crippen LogP contribution >= 0.6 is 0 Å². The summed E-state index contributed by atoms with van der Waals surface area (Å²) in [4.78, 5) is 11.5. The van der Waals surface area contributed by atoms with Crippen LogP contribution in [0.3, 0.4) is 0 Å². The normalized spacial score (nSPS) is 22.5. The Morgan fingerprint density at radius 3 is 3.19 bits per heavy atom. The van der Waals surface area contributed by atoms with E-state index in [1.54, 1.807) is 10.7 Å². The van der Waals surface area contributed by atoms with Gasteiger partial charge in [-0.25, -0.2) is 14.5 Å². The molecule has 2 aliphatic rings. The lowest BCUT2D eigenvalue weighted by molar-refractivity contribution is 0.133. The predicted molar refractivity (Wildman–Crippen MR) is 99.4 cm³/mol. The van der Waals surface area contributed by atoms with Crippen LogP contribution in [-0.2, 0) is 0 Å². The van der Waals surface area contributed by atoms with Crippen molar-refractivity contribution >= 4 is 17.3 Å². The zero-order valence-corrected chi connectivity index (χ0v) is 14.7. The van der Waals surface area contributed by atoms with E-state index in [1.165, 1.54) is 0 Å². The Kier molecular flexibility index (Phi) is 3.83. The summed E-state index contributed by atoms with van der Waals surface area (Å²) in [7, 11) is 0. The van der Waals surface area contributed by atoms with E-state index in [0.29, 0.717) is 30.2 Å². The number of aliphatic hydroxyl groups excluding tert-OH is 1. The average molecular weight is 367 g/mol. The van der Waals surface area contributed by atoms with Crippen molar-refractivity contribution in [1.29, 1.82) is 0 Å². The lowest BCUT2D eigenvalue weighted by Crippen LogP contribution is -2.27. The molecule has 2 atom stereocenters. The zero-order valence-electron chi connectivity index (χ0n) is 14.7. The highest BCUT2D eigenvalue weighted by Crippen LogP contribution is 2.39. The second-order valence-electron chi connectivity index (χ2n) is 6.81. The minimum atomic E-state index is -0.979. The standard InChI is InChI=1S/C18H21N7O2/c19-15-14-16-22-13(5-9-25(16)23-15)24-8-2-4-12(24)11-3-1-6-21-18(11)27-10-7-20-17(14)26/h1,3,5-6,9,12,17,20,26H,2,4,7-8,10H2,(H2,19,23). The van der Waals surface area contributed by atoms with Gasteiger partial charge in [-0.3, -0.25) is 5.32 Å². The molecular formula is C18H21N7O2. The van der Waals surface area contributed by atoms with Crippen molar-refractivity contribution < 1.29 is 9.84 Å². The summed E-state index contributed by atoms with van der Waals surface area (Å²) in [6.45, 7) is 1.70. The highest BCUT2D eigenvalue weighted by atomic mass is 16.5. The van der Waals surface area contributed by atoms with E-state index in [0.717, 1.165) is 30.8 Å². The van der Waals surface area contributed by atoms with Gasteiger partial charge >= 0.3 is 0 Å². The highest BCUT2D eigenvalue weighted by Gasteiger charge is 2.31. The number of rotatable bonds is 0. The minimum absolute atomic E-state index is 0.144. The van der Waals surface area contributed by atoms with Gasteiger partial charge in [-0.2, -0.15) is 0 Å². The van der Waals surface area contributed by atoms with Gasteiger partial charge in [0.1, 0.15) is 18.7 Å². The molecule has 0 aliphatic carbocycles. The number of anilines is 2. The van der Waals surface area contributed by atoms with Gasteiger partial charge in [0.15, 0.2) is 11.5 Å². The van der Waals surface area contributed by atoms with E-state index in [1.807, 2.05) is 18.3 Å². The number of aromatic nitrogens is 4. The second kappa shape index (κ2) is 6.36. The topological polar surface area (TPSA) is 114 Å². The van der Waals surface area contributed by atoms with E-state index in [9.17, 15) is 5.11 Å². The molecule has 2 aliphatic heterocycles. The summed E-state index contributed by atoms with van der Waals surface area (Å²) in [6, 6.07) is 6.07. The summed E-state index contributed by atoms with van der Waals surface area (Å²) in [5.41, 5.74) is 8.15. The lowest BCUT2D eigenvalue weighted by atomic mass is 10.1. The molecule has 5 rings (SSSR count). The van der Waals surface area contributed by atoms with Crippen LogP contribution in [0.25, 0.3) is 5.65 Å². The van der Waals surface area contributed by atoms with Crippen molar-refractivity contribution in [2.45, 2.75) is 25.1 Å². The molecule has 9 heteroatoms. The molecule has 2 unspecified atom stereocenters. The SMILES string of the molecule is Nc1nn2ccc3nc2c1C(O)NCCOc1ncccc1C1CCCN31. The number of nitrogen functional groups attached to an aromatic ring is 1. The van der Waals surface area contributed by atoms with E-state index < -0.39 is 6.23 Å². The van der Waals surface area contributed by atoms with Crippen molar-refractivity contribution in [2.75, 3.05) is 30.3 Å². The largest absolute Gasteiger partial charge is 0.476 e. The molecule has 0 aromatic carbocycles. The Morgan fingerprint density at radius 1 is 1.33 bits per heavy atom. The van der Waals surface area contributed by atoms with Crippen LogP contribution in [0.4, 0.5) is 11.6 Å². The van der Waals surface area contributed by atoms with Crippen molar-refractivity contribution in [3.05, 3.63) is 41.7 Å². The monoisotopic (exact) mass is 367 g/mol. The van der Waals surface area contributed by atoms with E-state index in [4.69, 9.17) is 15.5 Å². The number of nitrogens with one attached hydrogen (secondary N) is 1. The van der Waals surface area contributed by atoms with Crippen molar-refractivity contribution in [3.8, 4) is 5.88 Å². The van der Waals surface area contributed by atoms with Crippen LogP contribution in [0.2, 0.25) is 0 Å².